The highest BCUT2D eigenvalue weighted by Gasteiger charge is 2.42. The van der Waals surface area contributed by atoms with E-state index in [4.69, 9.17) is 4.74 Å². The second kappa shape index (κ2) is 12.1. The summed E-state index contributed by atoms with van der Waals surface area (Å²) in [6.45, 7) is 16.2. The Labute approximate surface area is 231 Å². The number of thiol groups is 1. The highest BCUT2D eigenvalue weighted by molar-refractivity contribution is 7.80. The predicted molar refractivity (Wildman–Crippen MR) is 154 cm³/mol. The van der Waals surface area contributed by atoms with Crippen molar-refractivity contribution in [2.45, 2.75) is 85.5 Å². The number of carbonyl (C=O) groups excluding carboxylic acids is 3. The highest BCUT2D eigenvalue weighted by atomic mass is 32.1. The quantitative estimate of drug-likeness (QED) is 0.348. The summed E-state index contributed by atoms with van der Waals surface area (Å²) >= 11 is 4.32. The van der Waals surface area contributed by atoms with E-state index in [1.165, 1.54) is 11.0 Å². The Balaban J connectivity index is 2.61. The van der Waals surface area contributed by atoms with E-state index >= 15 is 0 Å². The normalized spacial score (nSPS) is 13.3. The SMILES string of the molecule is Cc1cc(C(C(=O)Nc2c(C)cccc2C)N(C(=O)C(CS)NC(=O)OC(C)(C)C)C(C)(C)C)ccc1O. The fourth-order valence-electron chi connectivity index (χ4n) is 4.12. The van der Waals surface area contributed by atoms with Gasteiger partial charge in [-0.05, 0) is 96.7 Å². The van der Waals surface area contributed by atoms with Crippen molar-refractivity contribution in [2.24, 2.45) is 0 Å². The van der Waals surface area contributed by atoms with Crippen LogP contribution in [0.2, 0.25) is 0 Å². The average Bonchev–Trinajstić information content (AvgIpc) is 2.77. The van der Waals surface area contributed by atoms with E-state index in [-0.39, 0.29) is 11.5 Å². The topological polar surface area (TPSA) is 108 Å². The fourth-order valence-corrected chi connectivity index (χ4v) is 4.37. The maximum atomic E-state index is 14.1. The summed E-state index contributed by atoms with van der Waals surface area (Å²) in [5, 5.41) is 15.8. The van der Waals surface area contributed by atoms with E-state index < -0.39 is 41.1 Å². The Morgan fingerprint density at radius 2 is 1.55 bits per heavy atom. The van der Waals surface area contributed by atoms with Crippen LogP contribution in [-0.4, -0.2) is 50.8 Å². The Hall–Kier alpha value is -3.20. The molecule has 9 heteroatoms. The number of alkyl carbamates (subject to hydrolysis) is 1. The Kier molecular flexibility index (Phi) is 9.88. The number of hydrogen-bond donors (Lipinski definition) is 4. The molecule has 0 heterocycles. The monoisotopic (exact) mass is 543 g/mol. The number of ether oxygens (including phenoxy) is 1. The molecule has 0 aliphatic rings. The van der Waals surface area contributed by atoms with Gasteiger partial charge in [-0.15, -0.1) is 0 Å². The Bertz CT molecular complexity index is 1160. The number of aryl methyl sites for hydroxylation is 3. The van der Waals surface area contributed by atoms with E-state index in [0.717, 1.165) is 11.1 Å². The van der Waals surface area contributed by atoms with Crippen molar-refractivity contribution < 1.29 is 24.2 Å². The van der Waals surface area contributed by atoms with Gasteiger partial charge >= 0.3 is 6.09 Å². The van der Waals surface area contributed by atoms with Crippen LogP contribution in [0.25, 0.3) is 0 Å². The van der Waals surface area contributed by atoms with Gasteiger partial charge in [-0.25, -0.2) is 4.79 Å². The van der Waals surface area contributed by atoms with Crippen LogP contribution in [0.3, 0.4) is 0 Å². The third-order valence-electron chi connectivity index (χ3n) is 5.90. The molecule has 0 aromatic heterocycles. The average molecular weight is 544 g/mol. The van der Waals surface area contributed by atoms with E-state index in [1.54, 1.807) is 39.8 Å². The molecule has 0 saturated heterocycles. The summed E-state index contributed by atoms with van der Waals surface area (Å²) in [7, 11) is 0. The number of nitrogens with one attached hydrogen (secondary N) is 2. The van der Waals surface area contributed by atoms with Gasteiger partial charge in [-0.2, -0.15) is 12.6 Å². The van der Waals surface area contributed by atoms with Crippen LogP contribution < -0.4 is 10.6 Å². The molecule has 3 N–H and O–H groups in total. The van der Waals surface area contributed by atoms with Crippen LogP contribution >= 0.6 is 12.6 Å². The largest absolute Gasteiger partial charge is 0.508 e. The number of rotatable bonds is 7. The molecule has 2 unspecified atom stereocenters. The number of anilines is 1. The molecular formula is C29H41N3O5S. The summed E-state index contributed by atoms with van der Waals surface area (Å²) in [6, 6.07) is 8.39. The zero-order chi connectivity index (χ0) is 29.0. The minimum absolute atomic E-state index is 0.00942. The predicted octanol–water partition coefficient (Wildman–Crippen LogP) is 5.45. The van der Waals surface area contributed by atoms with Gasteiger partial charge in [-0.3, -0.25) is 9.59 Å². The summed E-state index contributed by atoms with van der Waals surface area (Å²) < 4.78 is 5.35. The summed E-state index contributed by atoms with van der Waals surface area (Å²) in [5.41, 5.74) is 1.91. The lowest BCUT2D eigenvalue weighted by Gasteiger charge is -2.43. The second-order valence-electron chi connectivity index (χ2n) is 11.5. The van der Waals surface area contributed by atoms with Crippen molar-refractivity contribution >= 4 is 36.2 Å². The van der Waals surface area contributed by atoms with Gasteiger partial charge in [0.25, 0.3) is 5.91 Å². The molecule has 0 aliphatic carbocycles. The van der Waals surface area contributed by atoms with E-state index in [9.17, 15) is 19.5 Å². The molecule has 2 aromatic rings. The highest BCUT2D eigenvalue weighted by Crippen LogP contribution is 2.34. The lowest BCUT2D eigenvalue weighted by molar-refractivity contribution is -0.146. The molecule has 0 fully saturated rings. The maximum Gasteiger partial charge on any atom is 0.408 e. The first-order valence-corrected chi connectivity index (χ1v) is 13.2. The van der Waals surface area contributed by atoms with Gasteiger partial charge in [0, 0.05) is 17.0 Å². The number of amides is 3. The summed E-state index contributed by atoms with van der Waals surface area (Å²) in [6.07, 6.45) is -0.754. The summed E-state index contributed by atoms with van der Waals surface area (Å²) in [4.78, 5) is 42.1. The van der Waals surface area contributed by atoms with Crippen molar-refractivity contribution in [3.05, 3.63) is 58.7 Å². The van der Waals surface area contributed by atoms with Crippen LogP contribution in [0.5, 0.6) is 5.75 Å². The number of carbonyl (C=O) groups is 3. The van der Waals surface area contributed by atoms with Crippen molar-refractivity contribution in [1.29, 1.82) is 0 Å². The van der Waals surface area contributed by atoms with Crippen LogP contribution in [0.1, 0.15) is 69.8 Å². The van der Waals surface area contributed by atoms with Gasteiger partial charge < -0.3 is 25.4 Å². The number of phenols is 1. The zero-order valence-corrected chi connectivity index (χ0v) is 24.7. The fraction of sp³-hybridized carbons (Fsp3) is 0.483. The molecule has 0 radical (unpaired) electrons. The van der Waals surface area contributed by atoms with Gasteiger partial charge in [-0.1, -0.05) is 24.3 Å². The minimum Gasteiger partial charge on any atom is -0.508 e. The first-order valence-electron chi connectivity index (χ1n) is 12.6. The molecule has 38 heavy (non-hydrogen) atoms. The molecule has 0 aliphatic heterocycles. The molecule has 2 rings (SSSR count). The van der Waals surface area contributed by atoms with Crippen molar-refractivity contribution in [1.82, 2.24) is 10.2 Å². The van der Waals surface area contributed by atoms with Crippen LogP contribution in [0.4, 0.5) is 10.5 Å². The van der Waals surface area contributed by atoms with E-state index in [1.807, 2.05) is 52.8 Å². The lowest BCUT2D eigenvalue weighted by Crippen LogP contribution is -2.58. The minimum atomic E-state index is -1.08. The van der Waals surface area contributed by atoms with Crippen molar-refractivity contribution in [3.8, 4) is 5.75 Å². The molecule has 2 aromatic carbocycles. The number of para-hydroxylation sites is 1. The maximum absolute atomic E-state index is 14.1. The molecule has 0 saturated carbocycles. The van der Waals surface area contributed by atoms with Crippen LogP contribution in [0, 0.1) is 20.8 Å². The Morgan fingerprint density at radius 1 is 0.974 bits per heavy atom. The molecule has 3 amide bonds. The molecule has 8 nitrogen and oxygen atoms in total. The number of aromatic hydroxyl groups is 1. The smallest absolute Gasteiger partial charge is 0.408 e. The van der Waals surface area contributed by atoms with Gasteiger partial charge in [0.1, 0.15) is 23.4 Å². The molecule has 0 bridgehead atoms. The first-order chi connectivity index (χ1) is 17.5. The second-order valence-corrected chi connectivity index (χ2v) is 11.8. The number of hydrogen-bond acceptors (Lipinski definition) is 6. The number of nitrogens with zero attached hydrogens (tertiary/aromatic N) is 1. The van der Waals surface area contributed by atoms with E-state index in [2.05, 4.69) is 23.3 Å². The molecule has 0 spiro atoms. The van der Waals surface area contributed by atoms with Crippen LogP contribution in [-0.2, 0) is 14.3 Å². The van der Waals surface area contributed by atoms with Crippen molar-refractivity contribution in [2.75, 3.05) is 11.1 Å². The first kappa shape index (κ1) is 31.0. The Morgan fingerprint density at radius 3 is 2.03 bits per heavy atom. The van der Waals surface area contributed by atoms with Crippen LogP contribution in [0.15, 0.2) is 36.4 Å². The van der Waals surface area contributed by atoms with E-state index in [0.29, 0.717) is 16.8 Å². The third kappa shape index (κ3) is 7.90. The summed E-state index contributed by atoms with van der Waals surface area (Å²) in [5.74, 6) is -0.849. The lowest BCUT2D eigenvalue weighted by atomic mass is 9.94. The molecular weight excluding hydrogens is 502 g/mol. The number of benzene rings is 2. The third-order valence-corrected chi connectivity index (χ3v) is 6.27. The molecule has 208 valence electrons. The zero-order valence-electron chi connectivity index (χ0n) is 23.8. The standard InChI is InChI=1S/C29H41N3O5S/c1-17-11-10-12-18(2)23(17)31-25(34)24(20-13-14-22(33)19(3)15-20)32(28(4,5)6)26(35)21(16-38)30-27(36)37-29(7,8)9/h10-15,21,24,33,38H,16H2,1-9H3,(H,30,36)(H,31,34). The van der Waals surface area contributed by atoms with Gasteiger partial charge in [0.15, 0.2) is 0 Å². The van der Waals surface area contributed by atoms with Gasteiger partial charge in [0.2, 0.25) is 5.91 Å². The van der Waals surface area contributed by atoms with Gasteiger partial charge in [0.05, 0.1) is 0 Å². The molecule has 2 atom stereocenters. The number of phenolic OH excluding ortho intramolecular Hbond substituents is 1. The van der Waals surface area contributed by atoms with Crippen molar-refractivity contribution in [3.63, 3.8) is 0 Å².